The van der Waals surface area contributed by atoms with E-state index >= 15 is 0 Å². The van der Waals surface area contributed by atoms with E-state index < -0.39 is 52.9 Å². The first-order chi connectivity index (χ1) is 34.8. The summed E-state index contributed by atoms with van der Waals surface area (Å²) in [4.78, 5) is 34.7. The third kappa shape index (κ3) is 12.4. The third-order valence-corrected chi connectivity index (χ3v) is 14.4. The maximum absolute atomic E-state index is 14.5. The van der Waals surface area contributed by atoms with Gasteiger partial charge in [0.25, 0.3) is 11.8 Å². The van der Waals surface area contributed by atoms with Crippen molar-refractivity contribution in [2.75, 3.05) is 59.5 Å². The van der Waals surface area contributed by atoms with Crippen LogP contribution in [-0.2, 0) is 9.59 Å². The Labute approximate surface area is 444 Å². The summed E-state index contributed by atoms with van der Waals surface area (Å²) in [5.74, 6) is -3.11. The second kappa shape index (κ2) is 23.6. The topological polar surface area (TPSA) is 135 Å². The molecular formula is C51H48F8I2N10O2. The van der Waals surface area contributed by atoms with Crippen LogP contribution < -0.4 is 20.2 Å². The minimum atomic E-state index is -4.76. The second-order valence-corrected chi connectivity index (χ2v) is 20.1. The average molecular weight is 1240 g/mol. The molecule has 5 heterocycles. The van der Waals surface area contributed by atoms with Crippen molar-refractivity contribution >= 4 is 91.2 Å². The van der Waals surface area contributed by atoms with Gasteiger partial charge < -0.3 is 14.7 Å². The van der Waals surface area contributed by atoms with Gasteiger partial charge in [-0.25, -0.2) is 13.8 Å². The van der Waals surface area contributed by atoms with Crippen molar-refractivity contribution in [3.63, 3.8) is 0 Å². The Bertz CT molecular complexity index is 2840. The number of anilines is 4. The summed E-state index contributed by atoms with van der Waals surface area (Å²) in [5.41, 5.74) is 0.322. The second-order valence-electron chi connectivity index (χ2n) is 17.6. The Kier molecular flexibility index (Phi) is 17.7. The van der Waals surface area contributed by atoms with Crippen LogP contribution in [0.15, 0.2) is 107 Å². The molecule has 0 radical (unpaired) electrons. The number of hydrazone groups is 2. The van der Waals surface area contributed by atoms with Gasteiger partial charge in [0.15, 0.2) is 0 Å². The highest BCUT2D eigenvalue weighted by molar-refractivity contribution is 14.1. The molecule has 384 valence electrons. The predicted molar refractivity (Wildman–Crippen MR) is 278 cm³/mol. The quantitative estimate of drug-likeness (QED) is 0.0837. The van der Waals surface area contributed by atoms with Crippen LogP contribution in [0.2, 0.25) is 0 Å². The first kappa shape index (κ1) is 54.9. The number of halogens is 10. The monoisotopic (exact) mass is 1240 g/mol. The van der Waals surface area contributed by atoms with Gasteiger partial charge in [-0.2, -0.15) is 47.1 Å². The van der Waals surface area contributed by atoms with Gasteiger partial charge in [0.2, 0.25) is 5.66 Å². The predicted octanol–water partition coefficient (Wildman–Crippen LogP) is 11.7. The first-order valence-corrected chi connectivity index (χ1v) is 25.5. The van der Waals surface area contributed by atoms with Crippen LogP contribution in [0.1, 0.15) is 69.4 Å². The van der Waals surface area contributed by atoms with Crippen molar-refractivity contribution in [1.29, 1.82) is 10.5 Å². The smallest absolute Gasteiger partial charge is 0.367 e. The van der Waals surface area contributed by atoms with Gasteiger partial charge in [0.05, 0.1) is 34.1 Å². The van der Waals surface area contributed by atoms with E-state index in [0.29, 0.717) is 18.8 Å². The van der Waals surface area contributed by atoms with Gasteiger partial charge >= 0.3 is 12.4 Å². The fourth-order valence-corrected chi connectivity index (χ4v) is 10.1. The van der Waals surface area contributed by atoms with Crippen molar-refractivity contribution in [2.24, 2.45) is 16.1 Å². The zero-order chi connectivity index (χ0) is 52.7. The summed E-state index contributed by atoms with van der Waals surface area (Å²) in [6, 6.07) is 25.4. The molecule has 0 saturated carbocycles. The van der Waals surface area contributed by atoms with Gasteiger partial charge in [0.1, 0.15) is 35.2 Å². The fraction of sp³-hybridized carbons (Fsp3) is 0.373. The number of carbonyl (C=O) groups is 2. The summed E-state index contributed by atoms with van der Waals surface area (Å²) in [7, 11) is 0. The highest BCUT2D eigenvalue weighted by Gasteiger charge is 2.68. The van der Waals surface area contributed by atoms with E-state index in [1.165, 1.54) is 39.9 Å². The molecular weight excluding hydrogens is 1190 g/mol. The number of fused-ring (bicyclic) bond motifs is 1. The molecule has 2 atom stereocenters. The number of rotatable bonds is 7. The highest BCUT2D eigenvalue weighted by atomic mass is 127. The molecule has 5 aliphatic rings. The number of nitrogens with zero attached hydrogens (tertiary/aromatic N) is 9. The summed E-state index contributed by atoms with van der Waals surface area (Å²) < 4.78 is 108. The zero-order valence-electron chi connectivity index (χ0n) is 39.3. The Morgan fingerprint density at radius 3 is 1.81 bits per heavy atom. The van der Waals surface area contributed by atoms with E-state index in [-0.39, 0.29) is 41.4 Å². The lowest BCUT2D eigenvalue weighted by atomic mass is 9.78. The molecule has 0 unspecified atom stereocenters. The zero-order valence-corrected chi connectivity index (χ0v) is 43.6. The van der Waals surface area contributed by atoms with Crippen LogP contribution in [0.3, 0.4) is 0 Å². The highest BCUT2D eigenvalue weighted by Crippen LogP contribution is 2.50. The Morgan fingerprint density at radius 1 is 0.712 bits per heavy atom. The van der Waals surface area contributed by atoms with Crippen molar-refractivity contribution < 1.29 is 44.7 Å². The number of carbonyl (C=O) groups excluding carboxylic acids is 2. The molecule has 0 aromatic heterocycles. The van der Waals surface area contributed by atoms with E-state index in [0.717, 1.165) is 96.5 Å². The molecule has 3 saturated heterocycles. The Balaban J connectivity index is 0.000000178. The summed E-state index contributed by atoms with van der Waals surface area (Å²) in [6.07, 6.45) is -0.0963. The van der Waals surface area contributed by atoms with Gasteiger partial charge in [-0.15, -0.1) is 0 Å². The third-order valence-electron chi connectivity index (χ3n) is 13.0. The molecule has 3 fully saturated rings. The minimum absolute atomic E-state index is 0.0510. The molecule has 4 aromatic carbocycles. The molecule has 12 nitrogen and oxygen atoms in total. The van der Waals surface area contributed by atoms with Crippen molar-refractivity contribution in [2.45, 2.75) is 76.3 Å². The van der Waals surface area contributed by atoms with E-state index in [9.17, 15) is 50.0 Å². The maximum Gasteiger partial charge on any atom is 0.431 e. The Hall–Kier alpha value is -5.86. The molecule has 4 aromatic rings. The number of amides is 2. The summed E-state index contributed by atoms with van der Waals surface area (Å²) >= 11 is 4.44. The summed E-state index contributed by atoms with van der Waals surface area (Å²) in [5, 5.41) is 26.1. The number of alkyl halides is 6. The summed E-state index contributed by atoms with van der Waals surface area (Å²) in [6.45, 7) is 4.59. The van der Waals surface area contributed by atoms with Crippen LogP contribution in [0.4, 0.5) is 57.9 Å². The van der Waals surface area contributed by atoms with Gasteiger partial charge in [0, 0.05) is 57.8 Å². The van der Waals surface area contributed by atoms with Crippen molar-refractivity contribution in [3.05, 3.63) is 127 Å². The molecule has 9 rings (SSSR count). The fourth-order valence-electron chi connectivity index (χ4n) is 9.38. The first-order valence-electron chi connectivity index (χ1n) is 23.4. The molecule has 1 N–H and O–H groups in total. The number of hydrogen-bond donors (Lipinski definition) is 1. The largest absolute Gasteiger partial charge is 0.431 e. The van der Waals surface area contributed by atoms with Crippen LogP contribution in [0.5, 0.6) is 0 Å². The van der Waals surface area contributed by atoms with Crippen LogP contribution in [-0.4, -0.2) is 90.3 Å². The van der Waals surface area contributed by atoms with Crippen molar-refractivity contribution in [3.8, 4) is 12.1 Å². The number of piperidine rings is 3. The molecule has 0 spiro atoms. The normalized spacial score (nSPS) is 20.6. The van der Waals surface area contributed by atoms with Gasteiger partial charge in [-0.3, -0.25) is 19.9 Å². The molecule has 0 aliphatic carbocycles. The van der Waals surface area contributed by atoms with Crippen LogP contribution in [0, 0.1) is 47.4 Å². The van der Waals surface area contributed by atoms with E-state index in [1.807, 2.05) is 29.2 Å². The van der Waals surface area contributed by atoms with Crippen LogP contribution >= 0.6 is 45.2 Å². The number of benzene rings is 4. The molecule has 0 bridgehead atoms. The van der Waals surface area contributed by atoms with Crippen LogP contribution in [0.25, 0.3) is 0 Å². The number of hydrogen-bond acceptors (Lipinski definition) is 10. The Morgan fingerprint density at radius 2 is 1.25 bits per heavy atom. The lowest BCUT2D eigenvalue weighted by Crippen LogP contribution is -2.73. The average Bonchev–Trinajstić information content (AvgIpc) is 3.76. The molecule has 73 heavy (non-hydrogen) atoms. The SMILES string of the molecule is C/C(=N\Nc1ccc(F)c(C#N)c1)C(F)(F)F.N#Cc1cc(N2N=C(C(F)(F)F)[C@@H]3CCN(c4ccc(I)cc4)C(=O)[C@@]32N2CCCCC2)ccc1F.O=C1C(N2CCCCC2)=CCCN1c1ccc(I)cc1. The molecule has 2 amide bonds. The molecule has 5 aliphatic heterocycles. The van der Waals surface area contributed by atoms with E-state index in [2.05, 4.69) is 83.9 Å². The van der Waals surface area contributed by atoms with Crippen molar-refractivity contribution in [1.82, 2.24) is 9.80 Å². The van der Waals surface area contributed by atoms with Gasteiger partial charge in [-0.1, -0.05) is 12.5 Å². The molecule has 22 heteroatoms. The minimum Gasteiger partial charge on any atom is -0.367 e. The van der Waals surface area contributed by atoms with E-state index in [1.54, 1.807) is 29.2 Å². The number of nitrogens with one attached hydrogen (secondary N) is 1. The maximum atomic E-state index is 14.5. The lowest BCUT2D eigenvalue weighted by molar-refractivity contribution is -0.136. The van der Waals surface area contributed by atoms with Gasteiger partial charge in [-0.05, 0) is 182 Å². The standard InChI is InChI=1S/C25H22F4IN5O.C16H19IN2O.C10H7F4N3/c26-21-9-8-19(14-16(21)15-31)35-24(33-11-2-1-3-12-33)20(22(32-35)25(27,28)29)10-13-34(23(24)36)18-6-4-17(30)5-7-18;17-13-6-8-14(9-7-13)19-12-4-5-15(16(19)20)18-10-2-1-3-11-18;1-6(10(12,13)14)16-17-8-2-3-9(11)7(4-8)5-15/h4-9,14,20H,1-3,10-13H2;5-9H,1-4,10-12H2;2-4,17H,1H3/b;;16-6+/t20-,24+;;/m0../s1. The number of nitriles is 2. The number of likely N-dealkylation sites (tertiary alicyclic amines) is 2. The van der Waals surface area contributed by atoms with E-state index in [4.69, 9.17) is 5.26 Å². The lowest BCUT2D eigenvalue weighted by Gasteiger charge is -2.53.